The summed E-state index contributed by atoms with van der Waals surface area (Å²) in [7, 11) is 0. The molecule has 1 aliphatic carbocycles. The Bertz CT molecular complexity index is 1170. The topological polar surface area (TPSA) is 122 Å². The van der Waals surface area contributed by atoms with Crippen LogP contribution >= 0.6 is 0 Å². The summed E-state index contributed by atoms with van der Waals surface area (Å²) in [6.45, 7) is 2.56. The van der Waals surface area contributed by atoms with Gasteiger partial charge in [-0.2, -0.15) is 0 Å². The maximum Gasteiger partial charge on any atom is 0.329 e. The molecule has 1 saturated carbocycles. The first-order chi connectivity index (χ1) is 15.7. The maximum absolute atomic E-state index is 12.6. The molecule has 2 aromatic carbocycles. The number of aryl methyl sites for hydroxylation is 1. The number of amides is 4. The predicted molar refractivity (Wildman–Crippen MR) is 118 cm³/mol. The van der Waals surface area contributed by atoms with Gasteiger partial charge in [-0.25, -0.2) is 4.79 Å². The molecule has 1 heterocycles. The fraction of sp³-hybridized carbons (Fsp3) is 0.292. The van der Waals surface area contributed by atoms with Crippen molar-refractivity contribution in [2.75, 3.05) is 11.9 Å². The summed E-state index contributed by atoms with van der Waals surface area (Å²) in [4.78, 5) is 62.9. The van der Waals surface area contributed by atoms with Crippen LogP contribution in [0.1, 0.15) is 56.4 Å². The first-order valence-electron chi connectivity index (χ1n) is 10.6. The second-order valence-corrected chi connectivity index (χ2v) is 8.19. The monoisotopic (exact) mass is 449 g/mol. The average molecular weight is 449 g/mol. The molecule has 1 atom stereocenters. The fourth-order valence-corrected chi connectivity index (χ4v) is 3.52. The van der Waals surface area contributed by atoms with Crippen LogP contribution in [-0.2, 0) is 14.3 Å². The van der Waals surface area contributed by atoms with Crippen molar-refractivity contribution in [3.63, 3.8) is 0 Å². The second-order valence-electron chi connectivity index (χ2n) is 8.19. The van der Waals surface area contributed by atoms with Gasteiger partial charge >= 0.3 is 5.97 Å². The van der Waals surface area contributed by atoms with E-state index in [9.17, 15) is 24.0 Å². The van der Waals surface area contributed by atoms with Gasteiger partial charge in [0.15, 0.2) is 6.61 Å². The Morgan fingerprint density at radius 2 is 1.79 bits per heavy atom. The number of benzene rings is 2. The molecular formula is C24H23N3O6. The van der Waals surface area contributed by atoms with Crippen molar-refractivity contribution in [1.82, 2.24) is 10.2 Å². The highest BCUT2D eigenvalue weighted by Crippen LogP contribution is 2.26. The molecule has 2 N–H and O–H groups in total. The third-order valence-electron chi connectivity index (χ3n) is 5.47. The number of carbonyl (C=O) groups excluding carboxylic acids is 5. The number of esters is 1. The summed E-state index contributed by atoms with van der Waals surface area (Å²) >= 11 is 0. The molecule has 4 amide bonds. The Balaban J connectivity index is 1.32. The summed E-state index contributed by atoms with van der Waals surface area (Å²) in [5.74, 6) is -2.87. The highest BCUT2D eigenvalue weighted by Gasteiger charge is 2.41. The van der Waals surface area contributed by atoms with Crippen molar-refractivity contribution in [3.05, 3.63) is 64.7 Å². The van der Waals surface area contributed by atoms with Gasteiger partial charge in [-0.05, 0) is 57.0 Å². The van der Waals surface area contributed by atoms with Crippen molar-refractivity contribution >= 4 is 35.3 Å². The van der Waals surface area contributed by atoms with E-state index in [1.165, 1.54) is 13.0 Å². The van der Waals surface area contributed by atoms with E-state index in [1.54, 1.807) is 43.3 Å². The molecular weight excluding hydrogens is 426 g/mol. The predicted octanol–water partition coefficient (Wildman–Crippen LogP) is 2.05. The van der Waals surface area contributed by atoms with E-state index in [1.807, 2.05) is 0 Å². The van der Waals surface area contributed by atoms with Gasteiger partial charge in [0.2, 0.25) is 0 Å². The number of anilines is 1. The molecule has 2 aromatic rings. The lowest BCUT2D eigenvalue weighted by atomic mass is 10.1. The van der Waals surface area contributed by atoms with Gasteiger partial charge in [-0.1, -0.05) is 17.7 Å². The van der Waals surface area contributed by atoms with Gasteiger partial charge in [-0.3, -0.25) is 24.1 Å². The molecule has 2 aliphatic rings. The zero-order valence-corrected chi connectivity index (χ0v) is 18.2. The largest absolute Gasteiger partial charge is 0.454 e. The number of ether oxygens (including phenoxy) is 1. The SMILES string of the molecule is Cc1ccc2c(c1)C(=O)N(C(C)C(=O)OCC(=O)Nc1cccc(C(=O)NC3CC3)c1)C2=O. The van der Waals surface area contributed by atoms with Crippen molar-refractivity contribution in [1.29, 1.82) is 0 Å². The second kappa shape index (κ2) is 8.85. The molecule has 1 unspecified atom stereocenters. The van der Waals surface area contributed by atoms with Crippen LogP contribution in [0.5, 0.6) is 0 Å². The number of rotatable bonds is 7. The molecule has 9 nitrogen and oxygen atoms in total. The van der Waals surface area contributed by atoms with Crippen LogP contribution in [0.3, 0.4) is 0 Å². The molecule has 0 spiro atoms. The lowest BCUT2D eigenvalue weighted by Gasteiger charge is -2.20. The summed E-state index contributed by atoms with van der Waals surface area (Å²) < 4.78 is 5.03. The van der Waals surface area contributed by atoms with E-state index in [-0.39, 0.29) is 23.1 Å². The number of nitrogens with zero attached hydrogens (tertiary/aromatic N) is 1. The van der Waals surface area contributed by atoms with Gasteiger partial charge in [0.05, 0.1) is 11.1 Å². The summed E-state index contributed by atoms with van der Waals surface area (Å²) in [5, 5.41) is 5.43. The number of fused-ring (bicyclic) bond motifs is 1. The fourth-order valence-electron chi connectivity index (χ4n) is 3.52. The van der Waals surface area contributed by atoms with Crippen molar-refractivity contribution in [2.24, 2.45) is 0 Å². The Morgan fingerprint density at radius 3 is 2.52 bits per heavy atom. The van der Waals surface area contributed by atoms with E-state index >= 15 is 0 Å². The molecule has 4 rings (SSSR count). The maximum atomic E-state index is 12.6. The van der Waals surface area contributed by atoms with E-state index in [4.69, 9.17) is 4.74 Å². The zero-order valence-electron chi connectivity index (χ0n) is 18.2. The lowest BCUT2D eigenvalue weighted by molar-refractivity contribution is -0.150. The molecule has 170 valence electrons. The summed E-state index contributed by atoms with van der Waals surface area (Å²) in [5.41, 5.74) is 2.07. The third kappa shape index (κ3) is 4.77. The molecule has 0 radical (unpaired) electrons. The van der Waals surface area contributed by atoms with Crippen molar-refractivity contribution < 1.29 is 28.7 Å². The van der Waals surface area contributed by atoms with E-state index in [0.717, 1.165) is 23.3 Å². The number of hydrogen-bond acceptors (Lipinski definition) is 6. The van der Waals surface area contributed by atoms with E-state index < -0.39 is 36.3 Å². The Kier molecular flexibility index (Phi) is 5.95. The van der Waals surface area contributed by atoms with Crippen LogP contribution in [0.4, 0.5) is 5.69 Å². The zero-order chi connectivity index (χ0) is 23.7. The standard InChI is InChI=1S/C24H23N3O6/c1-13-6-9-18-19(10-13)23(31)27(22(18)30)14(2)24(32)33-12-20(28)25-17-5-3-4-15(11-17)21(29)26-16-7-8-16/h3-6,9-11,14,16H,7-8,12H2,1-2H3,(H,25,28)(H,26,29). The van der Waals surface area contributed by atoms with Crippen LogP contribution < -0.4 is 10.6 Å². The molecule has 0 aromatic heterocycles. The normalized spacial score (nSPS) is 15.6. The lowest BCUT2D eigenvalue weighted by Crippen LogP contribution is -2.44. The van der Waals surface area contributed by atoms with Crippen LogP contribution in [0, 0.1) is 6.92 Å². The minimum atomic E-state index is -1.19. The minimum Gasteiger partial charge on any atom is -0.454 e. The molecule has 0 saturated heterocycles. The van der Waals surface area contributed by atoms with Gasteiger partial charge in [0.25, 0.3) is 23.6 Å². The Morgan fingerprint density at radius 1 is 1.06 bits per heavy atom. The van der Waals surface area contributed by atoms with Crippen LogP contribution in [-0.4, -0.2) is 53.2 Å². The van der Waals surface area contributed by atoms with E-state index in [2.05, 4.69) is 10.6 Å². The van der Waals surface area contributed by atoms with Gasteiger partial charge < -0.3 is 15.4 Å². The number of nitrogens with one attached hydrogen (secondary N) is 2. The molecule has 0 bridgehead atoms. The number of hydrogen-bond donors (Lipinski definition) is 2. The van der Waals surface area contributed by atoms with Crippen LogP contribution in [0.15, 0.2) is 42.5 Å². The van der Waals surface area contributed by atoms with Crippen LogP contribution in [0.25, 0.3) is 0 Å². The van der Waals surface area contributed by atoms with Gasteiger partial charge in [-0.15, -0.1) is 0 Å². The van der Waals surface area contributed by atoms with Crippen molar-refractivity contribution in [2.45, 2.75) is 38.8 Å². The molecule has 1 fully saturated rings. The summed E-state index contributed by atoms with van der Waals surface area (Å²) in [6.07, 6.45) is 1.93. The number of carbonyl (C=O) groups is 5. The van der Waals surface area contributed by atoms with E-state index in [0.29, 0.717) is 11.3 Å². The third-order valence-corrected chi connectivity index (χ3v) is 5.47. The summed E-state index contributed by atoms with van der Waals surface area (Å²) in [6, 6.07) is 10.3. The number of imide groups is 1. The van der Waals surface area contributed by atoms with Gasteiger partial charge in [0, 0.05) is 17.3 Å². The Labute approximate surface area is 190 Å². The first-order valence-corrected chi connectivity index (χ1v) is 10.6. The highest BCUT2D eigenvalue weighted by atomic mass is 16.5. The Hall–Kier alpha value is -4.01. The van der Waals surface area contributed by atoms with Gasteiger partial charge in [0.1, 0.15) is 6.04 Å². The molecule has 9 heteroatoms. The molecule has 33 heavy (non-hydrogen) atoms. The minimum absolute atomic E-state index is 0.211. The quantitative estimate of drug-likeness (QED) is 0.493. The van der Waals surface area contributed by atoms with Crippen molar-refractivity contribution in [3.8, 4) is 0 Å². The first kappa shape index (κ1) is 22.2. The smallest absolute Gasteiger partial charge is 0.329 e. The highest BCUT2D eigenvalue weighted by molar-refractivity contribution is 6.22. The van der Waals surface area contributed by atoms with Crippen LogP contribution in [0.2, 0.25) is 0 Å². The average Bonchev–Trinajstić information content (AvgIpc) is 3.57. The molecule has 1 aliphatic heterocycles.